The molecule has 0 bridgehead atoms. The van der Waals surface area contributed by atoms with E-state index < -0.39 is 0 Å². The molecule has 1 aliphatic rings. The Balaban J connectivity index is 2.16. The molecule has 19 heavy (non-hydrogen) atoms. The van der Waals surface area contributed by atoms with Gasteiger partial charge >= 0.3 is 0 Å². The lowest BCUT2D eigenvalue weighted by Gasteiger charge is -2.13. The Bertz CT molecular complexity index is 544. The predicted molar refractivity (Wildman–Crippen MR) is 79.9 cm³/mol. The fourth-order valence-electron chi connectivity index (χ4n) is 2.03. The second-order valence-corrected chi connectivity index (χ2v) is 5.51. The molecule has 0 saturated carbocycles. The summed E-state index contributed by atoms with van der Waals surface area (Å²) in [5, 5.41) is 1.67. The van der Waals surface area contributed by atoms with Gasteiger partial charge in [-0.25, -0.2) is 0 Å². The zero-order chi connectivity index (χ0) is 13.8. The minimum absolute atomic E-state index is 0.281. The molecule has 4 heteroatoms. The van der Waals surface area contributed by atoms with Gasteiger partial charge in [0, 0.05) is 16.5 Å². The smallest absolute Gasteiger partial charge is 0.217 e. The van der Waals surface area contributed by atoms with Crippen LogP contribution in [-0.2, 0) is 11.2 Å². The number of rotatable bonds is 4. The van der Waals surface area contributed by atoms with Gasteiger partial charge in [0.15, 0.2) is 0 Å². The maximum absolute atomic E-state index is 10.7. The van der Waals surface area contributed by atoms with Gasteiger partial charge < -0.3 is 5.73 Å². The van der Waals surface area contributed by atoms with Crippen molar-refractivity contribution in [3.05, 3.63) is 51.5 Å². The molecule has 0 unspecified atom stereocenters. The Kier molecular flexibility index (Phi) is 4.67. The van der Waals surface area contributed by atoms with Crippen LogP contribution in [0.15, 0.2) is 40.4 Å². The summed E-state index contributed by atoms with van der Waals surface area (Å²) in [7, 11) is 0. The number of carbonyl (C=O) groups excluding carboxylic acids is 1. The van der Waals surface area contributed by atoms with E-state index in [4.69, 9.17) is 28.9 Å². The number of hydrogen-bond donors (Lipinski definition) is 1. The number of halogens is 2. The summed E-state index contributed by atoms with van der Waals surface area (Å²) in [5.74, 6) is -0.281. The lowest BCUT2D eigenvalue weighted by atomic mass is 9.97. The number of allylic oxidation sites excluding steroid dienone is 4. The minimum atomic E-state index is -0.281. The molecule has 100 valence electrons. The second kappa shape index (κ2) is 6.27. The first-order valence-electron chi connectivity index (χ1n) is 6.18. The molecule has 0 aromatic heterocycles. The molecular formula is C15H15Cl2NO. The van der Waals surface area contributed by atoms with Crippen molar-refractivity contribution in [3.8, 4) is 0 Å². The molecule has 0 radical (unpaired) electrons. The standard InChI is InChI=1S/C15H15Cl2NO/c16-12-6-7-14(17)13(9-12)11-4-1-10(2-5-11)3-8-15(18)19/h1-2,4-5,9H,3,6-8H2,(H2,18,19). The summed E-state index contributed by atoms with van der Waals surface area (Å²) in [6, 6.07) is 7.98. The zero-order valence-corrected chi connectivity index (χ0v) is 12.0. The van der Waals surface area contributed by atoms with Gasteiger partial charge in [-0.15, -0.1) is 0 Å². The number of amides is 1. The molecule has 0 saturated heterocycles. The van der Waals surface area contributed by atoms with E-state index in [0.29, 0.717) is 12.8 Å². The van der Waals surface area contributed by atoms with Crippen LogP contribution in [0.4, 0.5) is 0 Å². The van der Waals surface area contributed by atoms with Crippen LogP contribution in [-0.4, -0.2) is 5.91 Å². The zero-order valence-electron chi connectivity index (χ0n) is 10.5. The molecule has 1 aromatic carbocycles. The van der Waals surface area contributed by atoms with Crippen LogP contribution < -0.4 is 5.73 Å². The number of aryl methyl sites for hydroxylation is 1. The van der Waals surface area contributed by atoms with Gasteiger partial charge in [0.2, 0.25) is 5.91 Å². The van der Waals surface area contributed by atoms with E-state index in [2.05, 4.69) is 0 Å². The van der Waals surface area contributed by atoms with E-state index in [1.807, 2.05) is 30.3 Å². The van der Waals surface area contributed by atoms with E-state index in [0.717, 1.165) is 39.6 Å². The number of carbonyl (C=O) groups is 1. The third-order valence-corrected chi connectivity index (χ3v) is 3.79. The molecule has 2 N–H and O–H groups in total. The van der Waals surface area contributed by atoms with Gasteiger partial charge in [0.25, 0.3) is 0 Å². The Labute approximate surface area is 122 Å². The predicted octanol–water partition coefficient (Wildman–Crippen LogP) is 3.97. The highest BCUT2D eigenvalue weighted by atomic mass is 35.5. The van der Waals surface area contributed by atoms with Crippen LogP contribution in [0.3, 0.4) is 0 Å². The average Bonchev–Trinajstić information content (AvgIpc) is 2.40. The van der Waals surface area contributed by atoms with E-state index in [-0.39, 0.29) is 5.91 Å². The largest absolute Gasteiger partial charge is 0.370 e. The molecule has 0 atom stereocenters. The first-order valence-corrected chi connectivity index (χ1v) is 6.94. The fourth-order valence-corrected chi connectivity index (χ4v) is 2.49. The van der Waals surface area contributed by atoms with E-state index in [1.165, 1.54) is 0 Å². The number of benzene rings is 1. The summed E-state index contributed by atoms with van der Waals surface area (Å²) in [5.41, 5.74) is 8.25. The van der Waals surface area contributed by atoms with Gasteiger partial charge in [-0.2, -0.15) is 0 Å². The highest BCUT2D eigenvalue weighted by Gasteiger charge is 2.12. The summed E-state index contributed by atoms with van der Waals surface area (Å²) in [6.07, 6.45) is 4.55. The molecule has 1 aliphatic carbocycles. The van der Waals surface area contributed by atoms with Crippen LogP contribution in [0.2, 0.25) is 0 Å². The van der Waals surface area contributed by atoms with E-state index >= 15 is 0 Å². The normalized spacial score (nSPS) is 15.4. The van der Waals surface area contributed by atoms with Crippen LogP contribution >= 0.6 is 23.2 Å². The van der Waals surface area contributed by atoms with Gasteiger partial charge in [-0.05, 0) is 42.0 Å². The van der Waals surface area contributed by atoms with Crippen molar-refractivity contribution in [3.63, 3.8) is 0 Å². The molecule has 0 heterocycles. The van der Waals surface area contributed by atoms with Crippen molar-refractivity contribution in [2.75, 3.05) is 0 Å². The molecule has 2 rings (SSSR count). The quantitative estimate of drug-likeness (QED) is 0.897. The summed E-state index contributed by atoms with van der Waals surface area (Å²) in [6.45, 7) is 0. The summed E-state index contributed by atoms with van der Waals surface area (Å²) in [4.78, 5) is 10.7. The van der Waals surface area contributed by atoms with Crippen molar-refractivity contribution in [1.29, 1.82) is 0 Å². The molecule has 2 nitrogen and oxygen atoms in total. The van der Waals surface area contributed by atoms with Crippen molar-refractivity contribution < 1.29 is 4.79 Å². The Morgan fingerprint density at radius 2 is 1.84 bits per heavy atom. The summed E-state index contributed by atoms with van der Waals surface area (Å²) >= 11 is 12.3. The van der Waals surface area contributed by atoms with Gasteiger partial charge in [0.1, 0.15) is 0 Å². The fraction of sp³-hybridized carbons (Fsp3) is 0.267. The lowest BCUT2D eigenvalue weighted by molar-refractivity contribution is -0.117. The maximum Gasteiger partial charge on any atom is 0.217 e. The lowest BCUT2D eigenvalue weighted by Crippen LogP contribution is -2.11. The topological polar surface area (TPSA) is 43.1 Å². The Morgan fingerprint density at radius 3 is 2.47 bits per heavy atom. The van der Waals surface area contributed by atoms with E-state index in [9.17, 15) is 4.79 Å². The van der Waals surface area contributed by atoms with Crippen LogP contribution in [0, 0.1) is 0 Å². The van der Waals surface area contributed by atoms with Gasteiger partial charge in [-0.3, -0.25) is 4.79 Å². The maximum atomic E-state index is 10.7. The van der Waals surface area contributed by atoms with Crippen LogP contribution in [0.1, 0.15) is 30.4 Å². The number of primary amides is 1. The van der Waals surface area contributed by atoms with Gasteiger partial charge in [-0.1, -0.05) is 47.5 Å². The SMILES string of the molecule is NC(=O)CCc1ccc(C2=C(Cl)CCC(Cl)=C2)cc1. The Hall–Kier alpha value is -1.25. The van der Waals surface area contributed by atoms with Crippen LogP contribution in [0.25, 0.3) is 5.57 Å². The number of hydrogen-bond acceptors (Lipinski definition) is 1. The molecule has 1 aromatic rings. The minimum Gasteiger partial charge on any atom is -0.370 e. The van der Waals surface area contributed by atoms with Crippen LogP contribution in [0.5, 0.6) is 0 Å². The third-order valence-electron chi connectivity index (χ3n) is 3.10. The molecule has 0 aliphatic heterocycles. The highest BCUT2D eigenvalue weighted by molar-refractivity contribution is 6.35. The molecule has 1 amide bonds. The van der Waals surface area contributed by atoms with Crippen molar-refractivity contribution in [1.82, 2.24) is 0 Å². The first-order chi connectivity index (χ1) is 9.06. The third kappa shape index (κ3) is 3.85. The van der Waals surface area contributed by atoms with E-state index in [1.54, 1.807) is 0 Å². The Morgan fingerprint density at radius 1 is 1.16 bits per heavy atom. The monoisotopic (exact) mass is 295 g/mol. The highest BCUT2D eigenvalue weighted by Crippen LogP contribution is 2.34. The molecular weight excluding hydrogens is 281 g/mol. The van der Waals surface area contributed by atoms with Gasteiger partial charge in [0.05, 0.1) is 0 Å². The van der Waals surface area contributed by atoms with Crippen molar-refractivity contribution in [2.45, 2.75) is 25.7 Å². The average molecular weight is 296 g/mol. The first kappa shape index (κ1) is 14.2. The number of nitrogens with two attached hydrogens (primary N) is 1. The molecule has 0 fully saturated rings. The van der Waals surface area contributed by atoms with Crippen molar-refractivity contribution >= 4 is 34.7 Å². The molecule has 0 spiro atoms. The van der Waals surface area contributed by atoms with Crippen molar-refractivity contribution in [2.24, 2.45) is 5.73 Å². The second-order valence-electron chi connectivity index (χ2n) is 4.57. The summed E-state index contributed by atoms with van der Waals surface area (Å²) < 4.78 is 0.